The fraction of sp³-hybridized carbons (Fsp3) is 0.769. The molecule has 0 spiro atoms. The van der Waals surface area contributed by atoms with E-state index in [9.17, 15) is 14.4 Å². The smallest absolute Gasteiger partial charge is 0.315 e. The summed E-state index contributed by atoms with van der Waals surface area (Å²) in [4.78, 5) is 35.4. The highest BCUT2D eigenvalue weighted by atomic mass is 16.4. The molecule has 1 aliphatic heterocycles. The molecule has 1 aliphatic rings. The van der Waals surface area contributed by atoms with Crippen LogP contribution < -0.4 is 10.6 Å². The van der Waals surface area contributed by atoms with E-state index in [0.29, 0.717) is 19.4 Å². The minimum Gasteiger partial charge on any atom is -0.481 e. The van der Waals surface area contributed by atoms with E-state index in [2.05, 4.69) is 10.6 Å². The van der Waals surface area contributed by atoms with Crippen molar-refractivity contribution in [1.82, 2.24) is 15.5 Å². The molecule has 0 saturated carbocycles. The van der Waals surface area contributed by atoms with Crippen LogP contribution in [0.3, 0.4) is 0 Å². The molecule has 0 bridgehead atoms. The van der Waals surface area contributed by atoms with E-state index >= 15 is 0 Å². The van der Waals surface area contributed by atoms with Gasteiger partial charge in [-0.3, -0.25) is 9.59 Å². The fourth-order valence-corrected chi connectivity index (χ4v) is 2.09. The number of nitrogens with zero attached hydrogens (tertiary/aromatic N) is 1. The number of rotatable bonds is 7. The largest absolute Gasteiger partial charge is 0.481 e. The predicted octanol–water partition coefficient (Wildman–Crippen LogP) is 0.551. The van der Waals surface area contributed by atoms with Crippen molar-refractivity contribution in [3.8, 4) is 0 Å². The molecular weight excluding hydrogens is 262 g/mol. The molecule has 0 aromatic heterocycles. The van der Waals surface area contributed by atoms with Crippen molar-refractivity contribution in [3.05, 3.63) is 0 Å². The first-order chi connectivity index (χ1) is 9.49. The van der Waals surface area contributed by atoms with Crippen molar-refractivity contribution in [3.63, 3.8) is 0 Å². The molecule has 20 heavy (non-hydrogen) atoms. The van der Waals surface area contributed by atoms with Crippen LogP contribution in [-0.4, -0.2) is 53.6 Å². The van der Waals surface area contributed by atoms with E-state index in [1.54, 1.807) is 6.92 Å². The Balaban J connectivity index is 2.10. The van der Waals surface area contributed by atoms with Crippen LogP contribution in [0.15, 0.2) is 0 Å². The van der Waals surface area contributed by atoms with Crippen LogP contribution in [0.1, 0.15) is 39.0 Å². The van der Waals surface area contributed by atoms with Crippen LogP contribution in [0.5, 0.6) is 0 Å². The number of hydrogen-bond donors (Lipinski definition) is 3. The highest BCUT2D eigenvalue weighted by Gasteiger charge is 2.17. The molecule has 1 heterocycles. The molecule has 7 nitrogen and oxygen atoms in total. The summed E-state index contributed by atoms with van der Waals surface area (Å²) in [6.07, 6.45) is 2.82. The number of carboxylic acids is 1. The van der Waals surface area contributed by atoms with Gasteiger partial charge in [0.2, 0.25) is 5.91 Å². The fourth-order valence-electron chi connectivity index (χ4n) is 2.09. The third-order valence-corrected chi connectivity index (χ3v) is 3.25. The summed E-state index contributed by atoms with van der Waals surface area (Å²) in [5.41, 5.74) is 0. The van der Waals surface area contributed by atoms with Gasteiger partial charge >= 0.3 is 12.0 Å². The average molecular weight is 285 g/mol. The van der Waals surface area contributed by atoms with Crippen molar-refractivity contribution in [2.45, 2.75) is 45.1 Å². The lowest BCUT2D eigenvalue weighted by molar-refractivity contribution is -0.137. The van der Waals surface area contributed by atoms with Gasteiger partial charge in [-0.2, -0.15) is 0 Å². The number of carbonyl (C=O) groups excluding carboxylic acids is 2. The lowest BCUT2D eigenvalue weighted by Crippen LogP contribution is -2.42. The minimum atomic E-state index is -0.879. The number of amides is 3. The zero-order valence-corrected chi connectivity index (χ0v) is 11.9. The topological polar surface area (TPSA) is 98.7 Å². The van der Waals surface area contributed by atoms with E-state index in [4.69, 9.17) is 5.11 Å². The van der Waals surface area contributed by atoms with E-state index in [-0.39, 0.29) is 24.4 Å². The van der Waals surface area contributed by atoms with Gasteiger partial charge < -0.3 is 20.6 Å². The normalized spacial score (nSPS) is 15.8. The molecular formula is C13H23N3O4. The van der Waals surface area contributed by atoms with Crippen molar-refractivity contribution >= 4 is 17.9 Å². The Bertz CT molecular complexity index is 354. The van der Waals surface area contributed by atoms with Crippen molar-refractivity contribution in [2.75, 3.05) is 19.6 Å². The van der Waals surface area contributed by atoms with E-state index in [1.807, 2.05) is 4.90 Å². The Morgan fingerprint density at radius 3 is 2.45 bits per heavy atom. The van der Waals surface area contributed by atoms with Crippen molar-refractivity contribution in [1.29, 1.82) is 0 Å². The highest BCUT2D eigenvalue weighted by Crippen LogP contribution is 2.08. The summed E-state index contributed by atoms with van der Waals surface area (Å²) in [6, 6.07) is -0.572. The maximum absolute atomic E-state index is 11.7. The van der Waals surface area contributed by atoms with Crippen LogP contribution in [0.25, 0.3) is 0 Å². The lowest BCUT2D eigenvalue weighted by atomic mass is 10.2. The Morgan fingerprint density at radius 1 is 1.20 bits per heavy atom. The van der Waals surface area contributed by atoms with Crippen LogP contribution in [-0.2, 0) is 9.59 Å². The number of hydrogen-bond acceptors (Lipinski definition) is 3. The number of carbonyl (C=O) groups is 3. The first-order valence-electron chi connectivity index (χ1n) is 7.03. The van der Waals surface area contributed by atoms with E-state index in [0.717, 1.165) is 25.9 Å². The molecule has 3 amide bonds. The lowest BCUT2D eigenvalue weighted by Gasteiger charge is -2.16. The zero-order valence-electron chi connectivity index (χ0n) is 11.9. The molecule has 114 valence electrons. The molecule has 1 unspecified atom stereocenters. The Morgan fingerprint density at radius 2 is 1.85 bits per heavy atom. The molecule has 1 fully saturated rings. The summed E-state index contributed by atoms with van der Waals surface area (Å²) < 4.78 is 0. The third kappa shape index (κ3) is 6.40. The van der Waals surface area contributed by atoms with Crippen LogP contribution >= 0.6 is 0 Å². The molecule has 7 heteroatoms. The molecule has 0 aromatic rings. The van der Waals surface area contributed by atoms with Gasteiger partial charge in [0, 0.05) is 38.5 Å². The molecule has 0 aromatic carbocycles. The second-order valence-electron chi connectivity index (χ2n) is 5.07. The minimum absolute atomic E-state index is 0.0227. The van der Waals surface area contributed by atoms with Crippen LogP contribution in [0, 0.1) is 0 Å². The molecule has 0 aliphatic carbocycles. The van der Waals surface area contributed by atoms with Gasteiger partial charge in [-0.25, -0.2) is 4.79 Å². The summed E-state index contributed by atoms with van der Waals surface area (Å²) in [7, 11) is 0. The van der Waals surface area contributed by atoms with Gasteiger partial charge in [0.15, 0.2) is 0 Å². The van der Waals surface area contributed by atoms with Crippen molar-refractivity contribution in [2.24, 2.45) is 0 Å². The molecule has 1 atom stereocenters. The second kappa shape index (κ2) is 8.39. The molecule has 0 radical (unpaired) electrons. The van der Waals surface area contributed by atoms with Gasteiger partial charge in [-0.05, 0) is 26.2 Å². The third-order valence-electron chi connectivity index (χ3n) is 3.25. The van der Waals surface area contributed by atoms with Crippen molar-refractivity contribution < 1.29 is 19.5 Å². The highest BCUT2D eigenvalue weighted by molar-refractivity contribution is 5.78. The molecule has 1 rings (SSSR count). The van der Waals surface area contributed by atoms with E-state index < -0.39 is 5.97 Å². The molecule has 1 saturated heterocycles. The Labute approximate surface area is 118 Å². The summed E-state index contributed by atoms with van der Waals surface area (Å²) >= 11 is 0. The number of carboxylic acid groups (broad SMARTS) is 1. The van der Waals surface area contributed by atoms with Gasteiger partial charge in [0.05, 0.1) is 0 Å². The first-order valence-corrected chi connectivity index (χ1v) is 7.03. The number of nitrogens with one attached hydrogen (secondary N) is 2. The zero-order chi connectivity index (χ0) is 15.0. The van der Waals surface area contributed by atoms with Gasteiger partial charge in [0.1, 0.15) is 0 Å². The second-order valence-corrected chi connectivity index (χ2v) is 5.07. The Kier molecular flexibility index (Phi) is 6.83. The van der Waals surface area contributed by atoms with Crippen LogP contribution in [0.2, 0.25) is 0 Å². The summed E-state index contributed by atoms with van der Waals surface area (Å²) in [5.74, 6) is -0.808. The molecule has 3 N–H and O–H groups in total. The number of urea groups is 1. The Hall–Kier alpha value is -1.79. The standard InChI is InChI=1S/C13H23N3O4/c1-10(4-5-12(18)19)15-13(20)14-7-6-11(17)16-8-2-3-9-16/h10H,2-9H2,1H3,(H,18,19)(H2,14,15,20). The maximum atomic E-state index is 11.7. The SMILES string of the molecule is CC(CCC(=O)O)NC(=O)NCCC(=O)N1CCCC1. The summed E-state index contributed by atoms with van der Waals surface area (Å²) in [5, 5.41) is 13.8. The van der Waals surface area contributed by atoms with E-state index in [1.165, 1.54) is 0 Å². The maximum Gasteiger partial charge on any atom is 0.315 e. The number of likely N-dealkylation sites (tertiary alicyclic amines) is 1. The van der Waals surface area contributed by atoms with Gasteiger partial charge in [-0.1, -0.05) is 0 Å². The predicted molar refractivity (Wildman–Crippen MR) is 73.3 cm³/mol. The van der Waals surface area contributed by atoms with Gasteiger partial charge in [0.25, 0.3) is 0 Å². The average Bonchev–Trinajstić information content (AvgIpc) is 2.90. The monoisotopic (exact) mass is 285 g/mol. The quantitative estimate of drug-likeness (QED) is 0.636. The summed E-state index contributed by atoms with van der Waals surface area (Å²) in [6.45, 7) is 3.68. The first kappa shape index (κ1) is 16.3. The van der Waals surface area contributed by atoms with Crippen LogP contribution in [0.4, 0.5) is 4.79 Å². The number of aliphatic carboxylic acids is 1. The van der Waals surface area contributed by atoms with Gasteiger partial charge in [-0.15, -0.1) is 0 Å².